The summed E-state index contributed by atoms with van der Waals surface area (Å²) in [7, 11) is 0. The van der Waals surface area contributed by atoms with Gasteiger partial charge in [-0.05, 0) is 37.0 Å². The van der Waals surface area contributed by atoms with Crippen molar-refractivity contribution in [2.24, 2.45) is 0 Å². The Labute approximate surface area is 161 Å². The average Bonchev–Trinajstić information content (AvgIpc) is 2.70. The van der Waals surface area contributed by atoms with Crippen LogP contribution < -0.4 is 5.32 Å². The summed E-state index contributed by atoms with van der Waals surface area (Å²) in [6.45, 7) is 2.21. The zero-order valence-electron chi connectivity index (χ0n) is 15.9. The quantitative estimate of drug-likeness (QED) is 0.847. The molecule has 0 heterocycles. The van der Waals surface area contributed by atoms with Gasteiger partial charge in [-0.1, -0.05) is 61.4 Å². The van der Waals surface area contributed by atoms with Crippen molar-refractivity contribution in [3.63, 3.8) is 0 Å². The molecule has 0 unspecified atom stereocenters. The fraction of sp³-hybridized carbons (Fsp3) is 0.391. The molecular formula is C23H28N2O2. The summed E-state index contributed by atoms with van der Waals surface area (Å²) in [6, 6.07) is 19.8. The molecule has 0 spiro atoms. The number of amides is 2. The third-order valence-corrected chi connectivity index (χ3v) is 5.28. The van der Waals surface area contributed by atoms with E-state index in [0.29, 0.717) is 12.1 Å². The zero-order valence-corrected chi connectivity index (χ0v) is 15.9. The highest BCUT2D eigenvalue weighted by Gasteiger charge is 2.33. The molecular weight excluding hydrogens is 336 g/mol. The van der Waals surface area contributed by atoms with Crippen molar-refractivity contribution in [3.05, 3.63) is 71.8 Å². The van der Waals surface area contributed by atoms with Crippen LogP contribution >= 0.6 is 0 Å². The van der Waals surface area contributed by atoms with Gasteiger partial charge in [-0.3, -0.25) is 9.59 Å². The minimum atomic E-state index is -0.0259. The molecule has 0 bridgehead atoms. The molecule has 4 nitrogen and oxygen atoms in total. The molecule has 0 saturated heterocycles. The van der Waals surface area contributed by atoms with Crippen LogP contribution in [0.3, 0.4) is 0 Å². The summed E-state index contributed by atoms with van der Waals surface area (Å²) < 4.78 is 0. The van der Waals surface area contributed by atoms with Crippen molar-refractivity contribution in [1.82, 2.24) is 10.2 Å². The van der Waals surface area contributed by atoms with Crippen LogP contribution in [-0.4, -0.2) is 35.3 Å². The summed E-state index contributed by atoms with van der Waals surface area (Å²) in [5.74, 6) is 0.0239. The summed E-state index contributed by atoms with van der Waals surface area (Å²) >= 11 is 0. The summed E-state index contributed by atoms with van der Waals surface area (Å²) in [5, 5.41) is 3.08. The highest BCUT2D eigenvalue weighted by Crippen LogP contribution is 2.25. The van der Waals surface area contributed by atoms with Crippen LogP contribution in [0.15, 0.2) is 60.7 Å². The van der Waals surface area contributed by atoms with Crippen LogP contribution in [0.5, 0.6) is 0 Å². The topological polar surface area (TPSA) is 49.4 Å². The Morgan fingerprint density at radius 3 is 2.26 bits per heavy atom. The van der Waals surface area contributed by atoms with Gasteiger partial charge in [0.25, 0.3) is 5.91 Å². The van der Waals surface area contributed by atoms with Crippen molar-refractivity contribution in [1.29, 1.82) is 0 Å². The molecule has 2 aromatic carbocycles. The van der Waals surface area contributed by atoms with Gasteiger partial charge in [0, 0.05) is 25.1 Å². The molecule has 1 saturated carbocycles. The van der Waals surface area contributed by atoms with Crippen molar-refractivity contribution >= 4 is 11.8 Å². The molecule has 142 valence electrons. The van der Waals surface area contributed by atoms with Gasteiger partial charge in [-0.2, -0.15) is 0 Å². The van der Waals surface area contributed by atoms with Gasteiger partial charge in [0.05, 0.1) is 6.04 Å². The monoisotopic (exact) mass is 364 g/mol. The van der Waals surface area contributed by atoms with Gasteiger partial charge >= 0.3 is 0 Å². The van der Waals surface area contributed by atoms with E-state index in [4.69, 9.17) is 0 Å². The Balaban J connectivity index is 1.83. The normalized spacial score (nSPS) is 19.3. The van der Waals surface area contributed by atoms with Gasteiger partial charge in [0.1, 0.15) is 0 Å². The number of hydrogen-bond donors (Lipinski definition) is 1. The molecule has 2 amide bonds. The maximum atomic E-state index is 13.3. The maximum Gasteiger partial charge on any atom is 0.254 e. The Morgan fingerprint density at radius 1 is 0.963 bits per heavy atom. The van der Waals surface area contributed by atoms with Gasteiger partial charge in [0.15, 0.2) is 0 Å². The van der Waals surface area contributed by atoms with Crippen LogP contribution in [0, 0.1) is 0 Å². The molecule has 0 aliphatic heterocycles. The number of hydrogen-bond acceptors (Lipinski definition) is 2. The predicted octanol–water partition coefficient (Wildman–Crippen LogP) is 3.82. The highest BCUT2D eigenvalue weighted by molar-refractivity contribution is 5.94. The number of rotatable bonds is 6. The van der Waals surface area contributed by atoms with Crippen LogP contribution in [0.2, 0.25) is 0 Å². The second-order valence-electron chi connectivity index (χ2n) is 7.26. The molecule has 1 aliphatic carbocycles. The summed E-state index contributed by atoms with van der Waals surface area (Å²) in [4.78, 5) is 27.0. The van der Waals surface area contributed by atoms with E-state index in [2.05, 4.69) is 17.4 Å². The Morgan fingerprint density at radius 2 is 1.59 bits per heavy atom. The SMILES string of the molecule is CC(=O)N[C@@H]1CCCC[C@@H]1N(CCc1ccccc1)C(=O)c1ccccc1. The first kappa shape index (κ1) is 19.2. The van der Waals surface area contributed by atoms with Crippen molar-refractivity contribution in [3.8, 4) is 0 Å². The lowest BCUT2D eigenvalue weighted by Crippen LogP contribution is -2.55. The van der Waals surface area contributed by atoms with Crippen molar-refractivity contribution < 1.29 is 9.59 Å². The maximum absolute atomic E-state index is 13.3. The van der Waals surface area contributed by atoms with E-state index in [9.17, 15) is 9.59 Å². The van der Waals surface area contributed by atoms with Crippen LogP contribution in [-0.2, 0) is 11.2 Å². The standard InChI is InChI=1S/C23H28N2O2/c1-18(26)24-21-14-8-9-15-22(21)25(17-16-19-10-4-2-5-11-19)23(27)20-12-6-3-7-13-20/h2-7,10-13,21-22H,8-9,14-17H2,1H3,(H,24,26)/t21-,22+/m1/s1. The molecule has 2 aromatic rings. The fourth-order valence-electron chi connectivity index (χ4n) is 3.97. The Hall–Kier alpha value is -2.62. The van der Waals surface area contributed by atoms with Gasteiger partial charge in [-0.25, -0.2) is 0 Å². The third kappa shape index (κ3) is 5.19. The molecule has 0 radical (unpaired) electrons. The number of benzene rings is 2. The van der Waals surface area contributed by atoms with Gasteiger partial charge < -0.3 is 10.2 Å². The van der Waals surface area contributed by atoms with E-state index in [1.54, 1.807) is 6.92 Å². The van der Waals surface area contributed by atoms with E-state index >= 15 is 0 Å². The smallest absolute Gasteiger partial charge is 0.254 e. The molecule has 3 rings (SSSR count). The first-order valence-electron chi connectivity index (χ1n) is 9.82. The van der Waals surface area contributed by atoms with E-state index in [1.165, 1.54) is 5.56 Å². The summed E-state index contributed by atoms with van der Waals surface area (Å²) in [6.07, 6.45) is 4.84. The second kappa shape index (κ2) is 9.36. The van der Waals surface area contributed by atoms with E-state index in [-0.39, 0.29) is 23.9 Å². The fourth-order valence-corrected chi connectivity index (χ4v) is 3.97. The lowest BCUT2D eigenvalue weighted by molar-refractivity contribution is -0.120. The van der Waals surface area contributed by atoms with Crippen molar-refractivity contribution in [2.45, 2.75) is 51.1 Å². The number of nitrogens with zero attached hydrogens (tertiary/aromatic N) is 1. The van der Waals surface area contributed by atoms with E-state index < -0.39 is 0 Å². The molecule has 2 atom stereocenters. The molecule has 1 aliphatic rings. The Bertz CT molecular complexity index is 745. The Kier molecular flexibility index (Phi) is 6.64. The van der Waals surface area contributed by atoms with Gasteiger partial charge in [0.2, 0.25) is 5.91 Å². The number of carbonyl (C=O) groups excluding carboxylic acids is 2. The lowest BCUT2D eigenvalue weighted by Gasteiger charge is -2.40. The molecule has 1 fully saturated rings. The van der Waals surface area contributed by atoms with Crippen LogP contribution in [0.25, 0.3) is 0 Å². The van der Waals surface area contributed by atoms with Crippen molar-refractivity contribution in [2.75, 3.05) is 6.54 Å². The van der Waals surface area contributed by atoms with Gasteiger partial charge in [-0.15, -0.1) is 0 Å². The van der Waals surface area contributed by atoms with E-state index in [1.807, 2.05) is 53.4 Å². The third-order valence-electron chi connectivity index (χ3n) is 5.28. The first-order valence-corrected chi connectivity index (χ1v) is 9.82. The minimum absolute atomic E-state index is 0.0259. The largest absolute Gasteiger partial charge is 0.352 e. The lowest BCUT2D eigenvalue weighted by atomic mass is 9.88. The zero-order chi connectivity index (χ0) is 19.1. The number of nitrogens with one attached hydrogen (secondary N) is 1. The highest BCUT2D eigenvalue weighted by atomic mass is 16.2. The average molecular weight is 364 g/mol. The van der Waals surface area contributed by atoms with E-state index in [0.717, 1.165) is 32.1 Å². The second-order valence-corrected chi connectivity index (χ2v) is 7.26. The molecule has 1 N–H and O–H groups in total. The molecule has 27 heavy (non-hydrogen) atoms. The van der Waals surface area contributed by atoms with Crippen LogP contribution in [0.1, 0.15) is 48.5 Å². The number of carbonyl (C=O) groups is 2. The first-order chi connectivity index (χ1) is 13.1. The molecule has 0 aromatic heterocycles. The molecule has 4 heteroatoms. The summed E-state index contributed by atoms with van der Waals surface area (Å²) in [5.41, 5.74) is 1.92. The minimum Gasteiger partial charge on any atom is -0.352 e. The van der Waals surface area contributed by atoms with Crippen LogP contribution in [0.4, 0.5) is 0 Å². The predicted molar refractivity (Wildman–Crippen MR) is 107 cm³/mol.